The first kappa shape index (κ1) is 18.8. The largest absolute Gasteiger partial charge is 0.465 e. The molecule has 0 N–H and O–H groups in total. The average Bonchev–Trinajstić information content (AvgIpc) is 2.99. The van der Waals surface area contributed by atoms with Crippen LogP contribution in [-0.2, 0) is 22.5 Å². The van der Waals surface area contributed by atoms with Gasteiger partial charge in [-0.1, -0.05) is 47.2 Å². The lowest BCUT2D eigenvalue weighted by Crippen LogP contribution is -2.17. The van der Waals surface area contributed by atoms with Crippen molar-refractivity contribution in [3.63, 3.8) is 0 Å². The zero-order valence-corrected chi connectivity index (χ0v) is 16.1. The fourth-order valence-electron chi connectivity index (χ4n) is 2.74. The number of carbonyl (C=O) groups excluding carboxylic acids is 2. The van der Waals surface area contributed by atoms with Crippen molar-refractivity contribution in [2.75, 3.05) is 7.11 Å². The predicted molar refractivity (Wildman–Crippen MR) is 107 cm³/mol. The van der Waals surface area contributed by atoms with Gasteiger partial charge in [0.25, 0.3) is 5.91 Å². The fourth-order valence-corrected chi connectivity index (χ4v) is 3.83. The van der Waals surface area contributed by atoms with Crippen LogP contribution in [0.5, 0.6) is 0 Å². The molecule has 3 aromatic rings. The Kier molecular flexibility index (Phi) is 5.66. The molecule has 27 heavy (non-hydrogen) atoms. The molecule has 5 nitrogen and oxygen atoms in total. The molecule has 138 valence electrons. The molecule has 0 radical (unpaired) electrons. The Balaban J connectivity index is 2.00. The molecule has 0 aliphatic carbocycles. The van der Waals surface area contributed by atoms with Crippen LogP contribution >= 0.6 is 11.3 Å². The van der Waals surface area contributed by atoms with Gasteiger partial charge in [-0.25, -0.2) is 4.79 Å². The van der Waals surface area contributed by atoms with E-state index in [4.69, 9.17) is 4.74 Å². The lowest BCUT2D eigenvalue weighted by molar-refractivity contribution is -0.117. The zero-order valence-electron chi connectivity index (χ0n) is 15.3. The van der Waals surface area contributed by atoms with Gasteiger partial charge in [0.1, 0.15) is 0 Å². The maximum Gasteiger partial charge on any atom is 0.337 e. The molecule has 0 saturated heterocycles. The molecular formula is C21H20N2O3S. The maximum atomic E-state index is 12.4. The Labute approximate surface area is 161 Å². The van der Waals surface area contributed by atoms with Gasteiger partial charge >= 0.3 is 5.97 Å². The average molecular weight is 380 g/mol. The number of fused-ring (bicyclic) bond motifs is 1. The van der Waals surface area contributed by atoms with Crippen molar-refractivity contribution in [3.05, 3.63) is 76.6 Å². The molecule has 0 bridgehead atoms. The van der Waals surface area contributed by atoms with E-state index in [0.29, 0.717) is 16.9 Å². The standard InChI is InChI=1S/C21H20N2O3S/c1-4-11-23-17-10-9-16(20(25)26-3)13-18(17)27-21(23)22-19(24)12-15-7-5-14(2)6-8-15/h4-10,13H,1,11-12H2,2-3H3. The molecule has 0 unspecified atom stereocenters. The van der Waals surface area contributed by atoms with Gasteiger partial charge in [0.2, 0.25) is 0 Å². The van der Waals surface area contributed by atoms with Gasteiger partial charge < -0.3 is 9.30 Å². The Bertz CT molecular complexity index is 1070. The number of benzene rings is 2. The lowest BCUT2D eigenvalue weighted by atomic mass is 10.1. The van der Waals surface area contributed by atoms with Crippen LogP contribution in [0.15, 0.2) is 60.1 Å². The number of thiazole rings is 1. The van der Waals surface area contributed by atoms with Gasteiger partial charge in [0.15, 0.2) is 4.80 Å². The number of hydrogen-bond acceptors (Lipinski definition) is 4. The summed E-state index contributed by atoms with van der Waals surface area (Å²) in [6.45, 7) is 6.31. The zero-order chi connectivity index (χ0) is 19.4. The van der Waals surface area contributed by atoms with Gasteiger partial charge in [0, 0.05) is 6.54 Å². The van der Waals surface area contributed by atoms with E-state index in [1.807, 2.05) is 41.8 Å². The number of methoxy groups -OCH3 is 1. The number of aryl methyl sites for hydroxylation is 1. The third kappa shape index (κ3) is 4.23. The second-order valence-electron chi connectivity index (χ2n) is 6.13. The van der Waals surface area contributed by atoms with E-state index in [1.165, 1.54) is 18.4 Å². The summed E-state index contributed by atoms with van der Waals surface area (Å²) in [6.07, 6.45) is 2.00. The predicted octanol–water partition coefficient (Wildman–Crippen LogP) is 3.65. The van der Waals surface area contributed by atoms with Crippen LogP contribution < -0.4 is 4.80 Å². The van der Waals surface area contributed by atoms with E-state index in [1.54, 1.807) is 18.2 Å². The van der Waals surface area contributed by atoms with Crippen LogP contribution in [0.1, 0.15) is 21.5 Å². The van der Waals surface area contributed by atoms with Crippen LogP contribution in [0.2, 0.25) is 0 Å². The second-order valence-corrected chi connectivity index (χ2v) is 7.14. The molecule has 2 aromatic carbocycles. The van der Waals surface area contributed by atoms with Crippen molar-refractivity contribution in [1.82, 2.24) is 4.57 Å². The topological polar surface area (TPSA) is 60.7 Å². The summed E-state index contributed by atoms with van der Waals surface area (Å²) in [5.74, 6) is -0.606. The molecular weight excluding hydrogens is 360 g/mol. The van der Waals surface area contributed by atoms with Gasteiger partial charge in [0.05, 0.1) is 29.3 Å². The van der Waals surface area contributed by atoms with E-state index in [9.17, 15) is 9.59 Å². The molecule has 0 aliphatic rings. The smallest absolute Gasteiger partial charge is 0.337 e. The number of aromatic nitrogens is 1. The highest BCUT2D eigenvalue weighted by molar-refractivity contribution is 7.16. The summed E-state index contributed by atoms with van der Waals surface area (Å²) in [7, 11) is 1.35. The number of allylic oxidation sites excluding steroid dienone is 1. The molecule has 1 aromatic heterocycles. The first-order valence-electron chi connectivity index (χ1n) is 8.47. The number of carbonyl (C=O) groups is 2. The number of rotatable bonds is 5. The van der Waals surface area contributed by atoms with Crippen molar-refractivity contribution >= 4 is 33.4 Å². The Morgan fingerprint density at radius 1 is 1.22 bits per heavy atom. The van der Waals surface area contributed by atoms with Crippen LogP contribution in [-0.4, -0.2) is 23.6 Å². The van der Waals surface area contributed by atoms with E-state index in [-0.39, 0.29) is 12.3 Å². The van der Waals surface area contributed by atoms with Crippen molar-refractivity contribution in [2.24, 2.45) is 4.99 Å². The van der Waals surface area contributed by atoms with Crippen molar-refractivity contribution < 1.29 is 14.3 Å². The molecule has 1 amide bonds. The molecule has 0 fully saturated rings. The molecule has 0 saturated carbocycles. The molecule has 0 aliphatic heterocycles. The minimum atomic E-state index is -0.394. The highest BCUT2D eigenvalue weighted by atomic mass is 32.1. The summed E-state index contributed by atoms with van der Waals surface area (Å²) in [5.41, 5.74) is 3.44. The number of ether oxygens (including phenoxy) is 1. The molecule has 3 rings (SSSR count). The quantitative estimate of drug-likeness (QED) is 0.501. The van der Waals surface area contributed by atoms with Gasteiger partial charge in [-0.3, -0.25) is 4.79 Å². The van der Waals surface area contributed by atoms with E-state index in [2.05, 4.69) is 11.6 Å². The third-order valence-corrected chi connectivity index (χ3v) is 5.15. The Morgan fingerprint density at radius 2 is 1.96 bits per heavy atom. The lowest BCUT2D eigenvalue weighted by Gasteiger charge is -2.02. The Hall–Kier alpha value is -2.99. The van der Waals surface area contributed by atoms with Gasteiger partial charge in [-0.2, -0.15) is 4.99 Å². The number of esters is 1. The van der Waals surface area contributed by atoms with Crippen molar-refractivity contribution in [2.45, 2.75) is 19.9 Å². The van der Waals surface area contributed by atoms with Crippen LogP contribution in [0.3, 0.4) is 0 Å². The van der Waals surface area contributed by atoms with E-state index >= 15 is 0 Å². The number of hydrogen-bond donors (Lipinski definition) is 0. The van der Waals surface area contributed by atoms with E-state index < -0.39 is 5.97 Å². The SMILES string of the molecule is C=CCn1c(=NC(=O)Cc2ccc(C)cc2)sc2cc(C(=O)OC)ccc21. The number of nitrogens with zero attached hydrogens (tertiary/aromatic N) is 2. The van der Waals surface area contributed by atoms with Crippen LogP contribution in [0.25, 0.3) is 10.2 Å². The van der Waals surface area contributed by atoms with Crippen molar-refractivity contribution in [3.8, 4) is 0 Å². The normalized spacial score (nSPS) is 11.6. The van der Waals surface area contributed by atoms with Crippen LogP contribution in [0.4, 0.5) is 0 Å². The highest BCUT2D eigenvalue weighted by Gasteiger charge is 2.11. The summed E-state index contributed by atoms with van der Waals surface area (Å²) in [4.78, 5) is 29.1. The summed E-state index contributed by atoms with van der Waals surface area (Å²) in [5, 5.41) is 0. The minimum Gasteiger partial charge on any atom is -0.465 e. The summed E-state index contributed by atoms with van der Waals surface area (Å²) in [6, 6.07) is 13.1. The second kappa shape index (κ2) is 8.14. The monoisotopic (exact) mass is 380 g/mol. The van der Waals surface area contributed by atoms with E-state index in [0.717, 1.165) is 21.3 Å². The first-order valence-corrected chi connectivity index (χ1v) is 9.29. The minimum absolute atomic E-state index is 0.212. The third-order valence-electron chi connectivity index (χ3n) is 4.11. The van der Waals surface area contributed by atoms with Gasteiger partial charge in [-0.05, 0) is 30.7 Å². The van der Waals surface area contributed by atoms with Crippen molar-refractivity contribution in [1.29, 1.82) is 0 Å². The van der Waals surface area contributed by atoms with Crippen LogP contribution in [0, 0.1) is 6.92 Å². The molecule has 0 atom stereocenters. The Morgan fingerprint density at radius 3 is 2.63 bits per heavy atom. The van der Waals surface area contributed by atoms with Gasteiger partial charge in [-0.15, -0.1) is 6.58 Å². The summed E-state index contributed by atoms with van der Waals surface area (Å²) >= 11 is 1.37. The molecule has 0 spiro atoms. The summed E-state index contributed by atoms with van der Waals surface area (Å²) < 4.78 is 7.55. The highest BCUT2D eigenvalue weighted by Crippen LogP contribution is 2.20. The fraction of sp³-hybridized carbons (Fsp3) is 0.190. The maximum absolute atomic E-state index is 12.4. The molecule has 6 heteroatoms. The first-order chi connectivity index (χ1) is 13.0. The number of amides is 1. The molecule has 1 heterocycles.